The van der Waals surface area contributed by atoms with Gasteiger partial charge in [0, 0.05) is 33.4 Å². The van der Waals surface area contributed by atoms with E-state index in [1.807, 2.05) is 30.3 Å². The van der Waals surface area contributed by atoms with E-state index in [0.29, 0.717) is 13.2 Å². The zero-order chi connectivity index (χ0) is 20.2. The molecule has 0 amide bonds. The van der Waals surface area contributed by atoms with E-state index in [-0.39, 0.29) is 6.10 Å². The van der Waals surface area contributed by atoms with Crippen LogP contribution >= 0.6 is 0 Å². The molecule has 0 radical (unpaired) electrons. The lowest BCUT2D eigenvalue weighted by atomic mass is 10.1. The van der Waals surface area contributed by atoms with Crippen molar-refractivity contribution in [3.05, 3.63) is 65.7 Å². The summed E-state index contributed by atoms with van der Waals surface area (Å²) in [7, 11) is 1.78. The Morgan fingerprint density at radius 1 is 1.10 bits per heavy atom. The smallest absolute Gasteiger partial charge is 0.191 e. The first-order valence-electron chi connectivity index (χ1n) is 10.2. The van der Waals surface area contributed by atoms with Gasteiger partial charge in [-0.3, -0.25) is 4.99 Å². The van der Waals surface area contributed by atoms with Crippen LogP contribution in [0.25, 0.3) is 0 Å². The van der Waals surface area contributed by atoms with Crippen molar-refractivity contribution in [1.29, 1.82) is 0 Å². The van der Waals surface area contributed by atoms with Gasteiger partial charge in [-0.15, -0.1) is 0 Å². The first-order chi connectivity index (χ1) is 14.3. The number of rotatable bonds is 10. The molecule has 1 unspecified atom stereocenters. The molecule has 2 N–H and O–H groups in total. The maximum Gasteiger partial charge on any atom is 0.191 e. The molecule has 0 aromatic heterocycles. The standard InChI is InChI=1S/C23H31N3O3/c1-24-23(25-12-6-13-28-22-11-14-27-18-22)26-16-19-7-5-8-20(15-19)17-29-21-9-3-2-4-10-21/h2-5,7-10,15,22H,6,11-14,16-18H2,1H3,(H2,24,25,26). The van der Waals surface area contributed by atoms with Crippen LogP contribution in [0.15, 0.2) is 59.6 Å². The summed E-state index contributed by atoms with van der Waals surface area (Å²) in [6, 6.07) is 18.3. The average Bonchev–Trinajstić information content (AvgIpc) is 3.29. The van der Waals surface area contributed by atoms with Crippen LogP contribution in [-0.2, 0) is 22.6 Å². The fraction of sp³-hybridized carbons (Fsp3) is 0.435. The van der Waals surface area contributed by atoms with Crippen LogP contribution < -0.4 is 15.4 Å². The average molecular weight is 398 g/mol. The van der Waals surface area contributed by atoms with Gasteiger partial charge in [-0.25, -0.2) is 0 Å². The number of para-hydroxylation sites is 1. The molecule has 2 aromatic rings. The van der Waals surface area contributed by atoms with Gasteiger partial charge in [-0.1, -0.05) is 42.5 Å². The molecule has 1 fully saturated rings. The molecule has 156 valence electrons. The topological polar surface area (TPSA) is 64.1 Å². The van der Waals surface area contributed by atoms with Crippen LogP contribution in [0.3, 0.4) is 0 Å². The van der Waals surface area contributed by atoms with E-state index in [1.54, 1.807) is 7.05 Å². The Bertz CT molecular complexity index is 746. The molecule has 0 aliphatic carbocycles. The van der Waals surface area contributed by atoms with Crippen molar-refractivity contribution < 1.29 is 14.2 Å². The summed E-state index contributed by atoms with van der Waals surface area (Å²) in [4.78, 5) is 4.29. The number of guanidine groups is 1. The summed E-state index contributed by atoms with van der Waals surface area (Å²) in [5.74, 6) is 1.67. The highest BCUT2D eigenvalue weighted by molar-refractivity contribution is 5.79. The van der Waals surface area contributed by atoms with Gasteiger partial charge in [-0.2, -0.15) is 0 Å². The molecule has 1 atom stereocenters. The molecule has 0 bridgehead atoms. The second kappa shape index (κ2) is 12.1. The fourth-order valence-corrected chi connectivity index (χ4v) is 3.09. The van der Waals surface area contributed by atoms with Gasteiger partial charge < -0.3 is 24.8 Å². The minimum absolute atomic E-state index is 0.269. The van der Waals surface area contributed by atoms with Crippen molar-refractivity contribution in [2.75, 3.05) is 33.4 Å². The minimum atomic E-state index is 0.269. The fourth-order valence-electron chi connectivity index (χ4n) is 3.09. The van der Waals surface area contributed by atoms with Crippen molar-refractivity contribution in [3.8, 4) is 5.75 Å². The molecule has 1 saturated heterocycles. The minimum Gasteiger partial charge on any atom is -0.489 e. The Morgan fingerprint density at radius 2 is 1.97 bits per heavy atom. The van der Waals surface area contributed by atoms with Gasteiger partial charge in [0.25, 0.3) is 0 Å². The number of nitrogens with zero attached hydrogens (tertiary/aromatic N) is 1. The Labute approximate surface area is 173 Å². The predicted octanol–water partition coefficient (Wildman–Crippen LogP) is 3.13. The van der Waals surface area contributed by atoms with Crippen molar-refractivity contribution in [3.63, 3.8) is 0 Å². The van der Waals surface area contributed by atoms with Crippen LogP contribution in [0.5, 0.6) is 5.75 Å². The van der Waals surface area contributed by atoms with E-state index in [9.17, 15) is 0 Å². The van der Waals surface area contributed by atoms with E-state index >= 15 is 0 Å². The largest absolute Gasteiger partial charge is 0.489 e. The van der Waals surface area contributed by atoms with E-state index in [1.165, 1.54) is 5.56 Å². The van der Waals surface area contributed by atoms with E-state index in [0.717, 1.165) is 56.5 Å². The highest BCUT2D eigenvalue weighted by Crippen LogP contribution is 2.13. The van der Waals surface area contributed by atoms with Gasteiger partial charge in [0.05, 0.1) is 12.7 Å². The molecule has 6 nitrogen and oxygen atoms in total. The summed E-state index contributed by atoms with van der Waals surface area (Å²) in [6.07, 6.45) is 2.21. The zero-order valence-corrected chi connectivity index (χ0v) is 17.1. The monoisotopic (exact) mass is 397 g/mol. The number of benzene rings is 2. The Morgan fingerprint density at radius 3 is 2.76 bits per heavy atom. The van der Waals surface area contributed by atoms with E-state index in [4.69, 9.17) is 14.2 Å². The normalized spacial score (nSPS) is 16.6. The first-order valence-corrected chi connectivity index (χ1v) is 10.2. The van der Waals surface area contributed by atoms with Crippen LogP contribution in [0.1, 0.15) is 24.0 Å². The quantitative estimate of drug-likeness (QED) is 0.366. The molecule has 29 heavy (non-hydrogen) atoms. The molecule has 1 aliphatic rings. The third-order valence-corrected chi connectivity index (χ3v) is 4.68. The summed E-state index contributed by atoms with van der Waals surface area (Å²) >= 11 is 0. The third-order valence-electron chi connectivity index (χ3n) is 4.68. The third kappa shape index (κ3) is 7.75. The molecule has 2 aromatic carbocycles. The van der Waals surface area contributed by atoms with Crippen molar-refractivity contribution in [1.82, 2.24) is 10.6 Å². The molecule has 1 heterocycles. The van der Waals surface area contributed by atoms with Gasteiger partial charge in [0.1, 0.15) is 12.4 Å². The first kappa shape index (κ1) is 21.1. The number of aliphatic imine (C=N–C) groups is 1. The number of nitrogens with one attached hydrogen (secondary N) is 2. The second-order valence-corrected chi connectivity index (χ2v) is 6.98. The second-order valence-electron chi connectivity index (χ2n) is 6.98. The molecule has 1 aliphatic heterocycles. The van der Waals surface area contributed by atoms with Crippen LogP contribution in [0, 0.1) is 0 Å². The molecule has 6 heteroatoms. The van der Waals surface area contributed by atoms with Crippen LogP contribution in [0.2, 0.25) is 0 Å². The summed E-state index contributed by atoms with van der Waals surface area (Å²) in [5, 5.41) is 6.69. The van der Waals surface area contributed by atoms with Crippen LogP contribution in [-0.4, -0.2) is 45.5 Å². The number of hydrogen-bond acceptors (Lipinski definition) is 4. The highest BCUT2D eigenvalue weighted by atomic mass is 16.5. The molecule has 0 spiro atoms. The van der Waals surface area contributed by atoms with E-state index in [2.05, 4.69) is 39.9 Å². The summed E-state index contributed by atoms with van der Waals surface area (Å²) in [5.41, 5.74) is 2.33. The van der Waals surface area contributed by atoms with Gasteiger partial charge in [0.2, 0.25) is 0 Å². The summed E-state index contributed by atoms with van der Waals surface area (Å²) in [6.45, 7) is 4.36. The Hall–Kier alpha value is -2.57. The highest BCUT2D eigenvalue weighted by Gasteiger charge is 2.15. The maximum atomic E-state index is 5.83. The van der Waals surface area contributed by atoms with Gasteiger partial charge in [0.15, 0.2) is 5.96 Å². The lowest BCUT2D eigenvalue weighted by Gasteiger charge is -2.14. The summed E-state index contributed by atoms with van der Waals surface area (Å²) < 4.78 is 16.9. The van der Waals surface area contributed by atoms with Crippen molar-refractivity contribution >= 4 is 5.96 Å². The lowest BCUT2D eigenvalue weighted by Crippen LogP contribution is -2.37. The lowest BCUT2D eigenvalue weighted by molar-refractivity contribution is 0.0420. The van der Waals surface area contributed by atoms with Gasteiger partial charge in [-0.05, 0) is 36.1 Å². The molecular weight excluding hydrogens is 366 g/mol. The van der Waals surface area contributed by atoms with Crippen molar-refractivity contribution in [2.24, 2.45) is 4.99 Å². The molecule has 0 saturated carbocycles. The number of ether oxygens (including phenoxy) is 3. The van der Waals surface area contributed by atoms with Gasteiger partial charge >= 0.3 is 0 Å². The Kier molecular flexibility index (Phi) is 8.82. The molecular formula is C23H31N3O3. The van der Waals surface area contributed by atoms with E-state index < -0.39 is 0 Å². The molecule has 3 rings (SSSR count). The SMILES string of the molecule is CN=C(NCCCOC1CCOC1)NCc1cccc(COc2ccccc2)c1. The zero-order valence-electron chi connectivity index (χ0n) is 17.1. The van der Waals surface area contributed by atoms with Crippen molar-refractivity contribution in [2.45, 2.75) is 32.1 Å². The maximum absolute atomic E-state index is 5.83. The Balaban J connectivity index is 1.35. The predicted molar refractivity (Wildman–Crippen MR) is 115 cm³/mol. The van der Waals surface area contributed by atoms with Crippen LogP contribution in [0.4, 0.5) is 0 Å². The number of hydrogen-bond donors (Lipinski definition) is 2.